The van der Waals surface area contributed by atoms with Crippen molar-refractivity contribution in [2.45, 2.75) is 13.5 Å². The molecule has 0 saturated heterocycles. The van der Waals surface area contributed by atoms with E-state index in [1.54, 1.807) is 0 Å². The molecule has 1 heterocycles. The van der Waals surface area contributed by atoms with Crippen molar-refractivity contribution in [2.75, 3.05) is 7.05 Å². The van der Waals surface area contributed by atoms with E-state index in [0.717, 1.165) is 4.90 Å². The van der Waals surface area contributed by atoms with Crippen LogP contribution in [0, 0.1) is 6.92 Å². The lowest BCUT2D eigenvalue weighted by atomic mass is 10.4. The van der Waals surface area contributed by atoms with Gasteiger partial charge in [-0.05, 0) is 6.92 Å². The Morgan fingerprint density at radius 3 is 2.54 bits per heavy atom. The highest BCUT2D eigenvalue weighted by Crippen LogP contribution is 2.07. The Labute approximate surface area is 73.4 Å². The van der Waals surface area contributed by atoms with Gasteiger partial charge in [0.05, 0.1) is 6.54 Å². The molecule has 0 spiro atoms. The fraction of sp³-hybridized carbons (Fsp3) is 0.429. The molecule has 0 aliphatic heterocycles. The summed E-state index contributed by atoms with van der Waals surface area (Å²) >= 11 is 0. The maximum absolute atomic E-state index is 10.6. The van der Waals surface area contributed by atoms with E-state index in [1.807, 2.05) is 0 Å². The third-order valence-corrected chi connectivity index (χ3v) is 1.54. The molecule has 6 nitrogen and oxygen atoms in total. The van der Waals surface area contributed by atoms with Crippen LogP contribution >= 0.6 is 0 Å². The number of hydrogen-bond donors (Lipinski definition) is 1. The Balaban J connectivity index is 2.80. The monoisotopic (exact) mass is 187 g/mol. The molecule has 0 aliphatic rings. The number of rotatable bonds is 2. The van der Waals surface area contributed by atoms with Crippen LogP contribution in [0.4, 0.5) is 4.79 Å². The van der Waals surface area contributed by atoms with Crippen molar-refractivity contribution in [3.8, 4) is 0 Å². The molecule has 0 aliphatic carbocycles. The highest BCUT2D eigenvalue weighted by Gasteiger charge is 2.13. The maximum Gasteiger partial charge on any atom is 0.519 e. The summed E-state index contributed by atoms with van der Waals surface area (Å²) in [6.07, 6.45) is -1.09. The fourth-order valence-corrected chi connectivity index (χ4v) is 0.802. The van der Waals surface area contributed by atoms with Crippen LogP contribution in [-0.2, 0) is 6.54 Å². The van der Waals surface area contributed by atoms with Crippen LogP contribution in [0.5, 0.6) is 0 Å². The summed E-state index contributed by atoms with van der Waals surface area (Å²) in [7, 11) is 1.37. The summed E-state index contributed by atoms with van der Waals surface area (Å²) < 4.78 is 9.16. The average molecular weight is 187 g/mol. The van der Waals surface area contributed by atoms with Crippen LogP contribution in [0.1, 0.15) is 11.5 Å². The third-order valence-electron chi connectivity index (χ3n) is 1.54. The average Bonchev–Trinajstić information content (AvgIpc) is 2.30. The molecular formula is C7H9NO5. The van der Waals surface area contributed by atoms with Crippen molar-refractivity contribution in [2.24, 2.45) is 0 Å². The topological polar surface area (TPSA) is 83.9 Å². The van der Waals surface area contributed by atoms with Crippen LogP contribution in [0.2, 0.25) is 0 Å². The number of carbonyl (C=O) groups is 1. The molecule has 6 heteroatoms. The van der Waals surface area contributed by atoms with Crippen LogP contribution < -0.4 is 5.82 Å². The van der Waals surface area contributed by atoms with E-state index in [1.165, 1.54) is 14.0 Å². The van der Waals surface area contributed by atoms with Gasteiger partial charge in [0.1, 0.15) is 5.76 Å². The molecule has 1 rings (SSSR count). The fourth-order valence-electron chi connectivity index (χ4n) is 0.802. The van der Waals surface area contributed by atoms with Crippen molar-refractivity contribution < 1.29 is 18.7 Å². The minimum absolute atomic E-state index is 0.00685. The second-order valence-corrected chi connectivity index (χ2v) is 2.57. The van der Waals surface area contributed by atoms with Gasteiger partial charge in [-0.15, -0.1) is 0 Å². The molecular weight excluding hydrogens is 178 g/mol. The first kappa shape index (κ1) is 9.37. The minimum atomic E-state index is -1.09. The van der Waals surface area contributed by atoms with Gasteiger partial charge in [-0.3, -0.25) is 0 Å². The van der Waals surface area contributed by atoms with E-state index in [0.29, 0.717) is 5.76 Å². The maximum atomic E-state index is 10.6. The summed E-state index contributed by atoms with van der Waals surface area (Å²) in [6, 6.07) is 0. The van der Waals surface area contributed by atoms with E-state index in [2.05, 4.69) is 8.83 Å². The summed E-state index contributed by atoms with van der Waals surface area (Å²) in [4.78, 5) is 21.9. The largest absolute Gasteiger partial charge is 0.519 e. The molecule has 13 heavy (non-hydrogen) atoms. The zero-order valence-corrected chi connectivity index (χ0v) is 7.23. The van der Waals surface area contributed by atoms with Crippen LogP contribution in [0.25, 0.3) is 0 Å². The number of amides is 1. The van der Waals surface area contributed by atoms with Gasteiger partial charge in [0.25, 0.3) is 0 Å². The Kier molecular flexibility index (Phi) is 2.41. The molecule has 0 atom stereocenters. The molecule has 1 aromatic rings. The van der Waals surface area contributed by atoms with Crippen LogP contribution in [0.3, 0.4) is 0 Å². The molecule has 72 valence electrons. The summed E-state index contributed by atoms with van der Waals surface area (Å²) in [5, 5.41) is 8.52. The van der Waals surface area contributed by atoms with Gasteiger partial charge in [-0.1, -0.05) is 0 Å². The predicted octanol–water partition coefficient (Wildman–Crippen LogP) is 0.651. The quantitative estimate of drug-likeness (QED) is 0.734. The van der Waals surface area contributed by atoms with Crippen molar-refractivity contribution in [3.05, 3.63) is 22.1 Å². The zero-order chi connectivity index (χ0) is 10.0. The lowest BCUT2D eigenvalue weighted by Crippen LogP contribution is -2.24. The SMILES string of the molecule is Cc1oc(=O)oc1CN(C)C(=O)O. The molecule has 0 saturated carbocycles. The predicted molar refractivity (Wildman–Crippen MR) is 41.5 cm³/mol. The van der Waals surface area contributed by atoms with Crippen LogP contribution in [-0.4, -0.2) is 23.1 Å². The molecule has 1 N–H and O–H groups in total. The lowest BCUT2D eigenvalue weighted by Gasteiger charge is -2.09. The van der Waals surface area contributed by atoms with Gasteiger partial charge in [0, 0.05) is 7.05 Å². The Hall–Kier alpha value is -1.72. The van der Waals surface area contributed by atoms with Crippen molar-refractivity contribution in [1.29, 1.82) is 0 Å². The first-order valence-corrected chi connectivity index (χ1v) is 3.54. The van der Waals surface area contributed by atoms with Gasteiger partial charge >= 0.3 is 11.9 Å². The summed E-state index contributed by atoms with van der Waals surface area (Å²) in [6.45, 7) is 1.54. The highest BCUT2D eigenvalue weighted by atomic mass is 16.6. The zero-order valence-electron chi connectivity index (χ0n) is 7.23. The standard InChI is InChI=1S/C7H9NO5/c1-4-5(13-7(11)12-4)3-8(2)6(9)10/h3H2,1-2H3,(H,9,10). The number of carboxylic acid groups (broad SMARTS) is 1. The highest BCUT2D eigenvalue weighted by molar-refractivity contribution is 5.64. The summed E-state index contributed by atoms with van der Waals surface area (Å²) in [5.74, 6) is -0.278. The van der Waals surface area contributed by atoms with Crippen molar-refractivity contribution in [3.63, 3.8) is 0 Å². The molecule has 1 aromatic heterocycles. The van der Waals surface area contributed by atoms with Gasteiger partial charge in [-0.2, -0.15) is 0 Å². The van der Waals surface area contributed by atoms with Crippen LogP contribution in [0.15, 0.2) is 13.6 Å². The number of nitrogens with zero attached hydrogens (tertiary/aromatic N) is 1. The Morgan fingerprint density at radius 2 is 2.15 bits per heavy atom. The lowest BCUT2D eigenvalue weighted by molar-refractivity contribution is 0.150. The second-order valence-electron chi connectivity index (χ2n) is 2.57. The smallest absolute Gasteiger partial charge is 0.465 e. The van der Waals surface area contributed by atoms with E-state index in [4.69, 9.17) is 5.11 Å². The van der Waals surface area contributed by atoms with Gasteiger partial charge in [0.2, 0.25) is 0 Å². The van der Waals surface area contributed by atoms with Crippen molar-refractivity contribution >= 4 is 6.09 Å². The first-order valence-electron chi connectivity index (χ1n) is 3.54. The summed E-state index contributed by atoms with van der Waals surface area (Å²) in [5.41, 5.74) is 0. The second kappa shape index (κ2) is 3.34. The van der Waals surface area contributed by atoms with Gasteiger partial charge in [0.15, 0.2) is 5.76 Å². The number of hydrogen-bond acceptors (Lipinski definition) is 4. The van der Waals surface area contributed by atoms with E-state index in [9.17, 15) is 9.59 Å². The van der Waals surface area contributed by atoms with E-state index >= 15 is 0 Å². The Morgan fingerprint density at radius 1 is 1.54 bits per heavy atom. The third kappa shape index (κ3) is 2.11. The molecule has 0 aromatic carbocycles. The normalized spacial score (nSPS) is 10.0. The first-order chi connectivity index (χ1) is 6.00. The Bertz CT molecular complexity index is 363. The van der Waals surface area contributed by atoms with E-state index < -0.39 is 11.9 Å². The van der Waals surface area contributed by atoms with E-state index in [-0.39, 0.29) is 12.3 Å². The molecule has 0 bridgehead atoms. The molecule has 0 fully saturated rings. The molecule has 0 unspecified atom stereocenters. The minimum Gasteiger partial charge on any atom is -0.465 e. The van der Waals surface area contributed by atoms with Gasteiger partial charge < -0.3 is 18.8 Å². The molecule has 0 radical (unpaired) electrons. The molecule has 1 amide bonds. The van der Waals surface area contributed by atoms with Gasteiger partial charge in [-0.25, -0.2) is 9.59 Å². The van der Waals surface area contributed by atoms with Crippen molar-refractivity contribution in [1.82, 2.24) is 4.90 Å². The number of aryl methyl sites for hydroxylation is 1.